The Hall–Kier alpha value is -0.910. The molecule has 0 saturated heterocycles. The molecule has 6 heteroatoms. The molecule has 1 rings (SSSR count). The summed E-state index contributed by atoms with van der Waals surface area (Å²) in [6.45, 7) is 0.758. The molecule has 1 heterocycles. The van der Waals surface area contributed by atoms with Crippen molar-refractivity contribution in [3.8, 4) is 0 Å². The van der Waals surface area contributed by atoms with Gasteiger partial charge < -0.3 is 5.32 Å². The molecule has 0 aromatic carbocycles. The van der Waals surface area contributed by atoms with Crippen molar-refractivity contribution in [2.45, 2.75) is 19.0 Å². The van der Waals surface area contributed by atoms with Gasteiger partial charge in [0.1, 0.15) is 5.69 Å². The molecular formula is C11H15F3N2S. The van der Waals surface area contributed by atoms with Gasteiger partial charge in [-0.2, -0.15) is 24.9 Å². The van der Waals surface area contributed by atoms with Gasteiger partial charge in [-0.25, -0.2) is 4.98 Å². The fourth-order valence-corrected chi connectivity index (χ4v) is 1.76. The maximum atomic E-state index is 12.2. The van der Waals surface area contributed by atoms with Crippen molar-refractivity contribution in [2.24, 2.45) is 0 Å². The standard InChI is InChI=1S/C11H15F3N2S/c1-17-7-3-2-6-15-9-4-5-10(16-8-9)11(12,13)14/h4-5,8,15H,2-3,6-7H2,1H3. The van der Waals surface area contributed by atoms with Crippen molar-refractivity contribution >= 4 is 17.4 Å². The lowest BCUT2D eigenvalue weighted by molar-refractivity contribution is -0.141. The predicted octanol–water partition coefficient (Wildman–Crippen LogP) is 3.66. The van der Waals surface area contributed by atoms with Crippen LogP contribution in [0.5, 0.6) is 0 Å². The van der Waals surface area contributed by atoms with Gasteiger partial charge >= 0.3 is 6.18 Å². The van der Waals surface area contributed by atoms with Crippen LogP contribution in [0.15, 0.2) is 18.3 Å². The van der Waals surface area contributed by atoms with E-state index < -0.39 is 11.9 Å². The zero-order valence-corrected chi connectivity index (χ0v) is 10.4. The van der Waals surface area contributed by atoms with Gasteiger partial charge in [-0.3, -0.25) is 0 Å². The quantitative estimate of drug-likeness (QED) is 0.794. The van der Waals surface area contributed by atoms with E-state index in [1.165, 1.54) is 12.3 Å². The first-order valence-electron chi connectivity index (χ1n) is 5.30. The lowest BCUT2D eigenvalue weighted by Gasteiger charge is -2.08. The molecule has 0 saturated carbocycles. The van der Waals surface area contributed by atoms with Gasteiger partial charge in [-0.15, -0.1) is 0 Å². The average molecular weight is 264 g/mol. The van der Waals surface area contributed by atoms with Crippen molar-refractivity contribution in [3.63, 3.8) is 0 Å². The predicted molar refractivity (Wildman–Crippen MR) is 65.3 cm³/mol. The van der Waals surface area contributed by atoms with E-state index in [0.29, 0.717) is 5.69 Å². The van der Waals surface area contributed by atoms with Crippen molar-refractivity contribution < 1.29 is 13.2 Å². The third-order valence-electron chi connectivity index (χ3n) is 2.16. The molecule has 0 spiro atoms. The summed E-state index contributed by atoms with van der Waals surface area (Å²) in [4.78, 5) is 3.37. The van der Waals surface area contributed by atoms with Crippen LogP contribution in [0.2, 0.25) is 0 Å². The van der Waals surface area contributed by atoms with Crippen molar-refractivity contribution in [2.75, 3.05) is 23.9 Å². The molecule has 1 N–H and O–H groups in total. The van der Waals surface area contributed by atoms with Crippen LogP contribution in [0, 0.1) is 0 Å². The Balaban J connectivity index is 2.36. The van der Waals surface area contributed by atoms with Crippen LogP contribution >= 0.6 is 11.8 Å². The molecule has 0 aliphatic heterocycles. The summed E-state index contributed by atoms with van der Waals surface area (Å²) in [6, 6.07) is 2.40. The molecule has 0 aliphatic rings. The van der Waals surface area contributed by atoms with Gasteiger partial charge in [-0.05, 0) is 37.0 Å². The first-order valence-corrected chi connectivity index (χ1v) is 6.69. The summed E-state index contributed by atoms with van der Waals surface area (Å²) < 4.78 is 36.7. The fourth-order valence-electron chi connectivity index (χ4n) is 1.27. The van der Waals surface area contributed by atoms with Gasteiger partial charge in [0.25, 0.3) is 0 Å². The Bertz CT molecular complexity index is 324. The Morgan fingerprint density at radius 2 is 2.06 bits per heavy atom. The maximum absolute atomic E-state index is 12.2. The highest BCUT2D eigenvalue weighted by Gasteiger charge is 2.31. The summed E-state index contributed by atoms with van der Waals surface area (Å²) in [5.74, 6) is 1.10. The molecule has 1 aromatic heterocycles. The Morgan fingerprint density at radius 1 is 1.29 bits per heavy atom. The van der Waals surface area contributed by atoms with Crippen LogP contribution in [-0.2, 0) is 6.18 Å². The number of anilines is 1. The summed E-state index contributed by atoms with van der Waals surface area (Å²) in [6.07, 6.45) is 1.01. The second-order valence-electron chi connectivity index (χ2n) is 3.56. The minimum absolute atomic E-state index is 0.627. The summed E-state index contributed by atoms with van der Waals surface area (Å²) >= 11 is 1.79. The normalized spacial score (nSPS) is 11.5. The molecule has 0 unspecified atom stereocenters. The largest absolute Gasteiger partial charge is 0.433 e. The average Bonchev–Trinajstić information content (AvgIpc) is 2.28. The zero-order chi connectivity index (χ0) is 12.7. The highest BCUT2D eigenvalue weighted by atomic mass is 32.2. The lowest BCUT2D eigenvalue weighted by atomic mass is 10.3. The number of unbranched alkanes of at least 4 members (excludes halogenated alkanes) is 1. The third kappa shape index (κ3) is 5.30. The first kappa shape index (κ1) is 14.2. The van der Waals surface area contributed by atoms with Gasteiger partial charge in [0.15, 0.2) is 0 Å². The van der Waals surface area contributed by atoms with Crippen LogP contribution in [0.25, 0.3) is 0 Å². The third-order valence-corrected chi connectivity index (χ3v) is 2.86. The van der Waals surface area contributed by atoms with E-state index in [-0.39, 0.29) is 0 Å². The van der Waals surface area contributed by atoms with Gasteiger partial charge in [0.2, 0.25) is 0 Å². The first-order chi connectivity index (χ1) is 8.04. The molecule has 17 heavy (non-hydrogen) atoms. The number of pyridine rings is 1. The topological polar surface area (TPSA) is 24.9 Å². The van der Waals surface area contributed by atoms with Gasteiger partial charge in [0.05, 0.1) is 11.9 Å². The van der Waals surface area contributed by atoms with Crippen LogP contribution < -0.4 is 5.32 Å². The number of nitrogens with one attached hydrogen (secondary N) is 1. The molecule has 1 aromatic rings. The van der Waals surface area contributed by atoms with Crippen LogP contribution in [-0.4, -0.2) is 23.5 Å². The SMILES string of the molecule is CSCCCCNc1ccc(C(F)(F)F)nc1. The molecule has 0 atom stereocenters. The van der Waals surface area contributed by atoms with E-state index in [2.05, 4.69) is 10.3 Å². The molecule has 0 bridgehead atoms. The number of alkyl halides is 3. The smallest absolute Gasteiger partial charge is 0.384 e. The minimum atomic E-state index is -4.36. The Morgan fingerprint density at radius 3 is 2.59 bits per heavy atom. The number of thioether (sulfide) groups is 1. The van der Waals surface area contributed by atoms with E-state index in [9.17, 15) is 13.2 Å². The second kappa shape index (κ2) is 6.74. The summed E-state index contributed by atoms with van der Waals surface area (Å²) in [5, 5.41) is 3.04. The van der Waals surface area contributed by atoms with Crippen LogP contribution in [0.4, 0.5) is 18.9 Å². The molecule has 0 aliphatic carbocycles. The second-order valence-corrected chi connectivity index (χ2v) is 4.54. The number of halogens is 3. The summed E-state index contributed by atoms with van der Waals surface area (Å²) in [5.41, 5.74) is -0.229. The number of aromatic nitrogens is 1. The van der Waals surface area contributed by atoms with Crippen molar-refractivity contribution in [1.29, 1.82) is 0 Å². The van der Waals surface area contributed by atoms with E-state index in [0.717, 1.165) is 31.2 Å². The van der Waals surface area contributed by atoms with Crippen LogP contribution in [0.3, 0.4) is 0 Å². The lowest BCUT2D eigenvalue weighted by Crippen LogP contribution is -2.08. The van der Waals surface area contributed by atoms with E-state index in [4.69, 9.17) is 0 Å². The van der Waals surface area contributed by atoms with Gasteiger partial charge in [0, 0.05) is 6.54 Å². The van der Waals surface area contributed by atoms with E-state index >= 15 is 0 Å². The van der Waals surface area contributed by atoms with Gasteiger partial charge in [-0.1, -0.05) is 0 Å². The number of hydrogen-bond donors (Lipinski definition) is 1. The monoisotopic (exact) mass is 264 g/mol. The number of hydrogen-bond acceptors (Lipinski definition) is 3. The molecule has 2 nitrogen and oxygen atoms in total. The van der Waals surface area contributed by atoms with E-state index in [1.54, 1.807) is 11.8 Å². The Labute approximate surface area is 103 Å². The van der Waals surface area contributed by atoms with Crippen molar-refractivity contribution in [1.82, 2.24) is 4.98 Å². The Kier molecular flexibility index (Phi) is 5.61. The maximum Gasteiger partial charge on any atom is 0.433 e. The number of nitrogens with zero attached hydrogens (tertiary/aromatic N) is 1. The number of rotatable bonds is 6. The molecule has 0 radical (unpaired) electrons. The van der Waals surface area contributed by atoms with E-state index in [1.807, 2.05) is 6.26 Å². The molecule has 0 amide bonds. The minimum Gasteiger partial charge on any atom is -0.384 e. The van der Waals surface area contributed by atoms with Crippen molar-refractivity contribution in [3.05, 3.63) is 24.0 Å². The molecule has 0 fully saturated rings. The van der Waals surface area contributed by atoms with Crippen LogP contribution in [0.1, 0.15) is 18.5 Å². The molecular weight excluding hydrogens is 249 g/mol. The highest BCUT2D eigenvalue weighted by Crippen LogP contribution is 2.27. The molecule has 96 valence electrons. The fraction of sp³-hybridized carbons (Fsp3) is 0.545. The highest BCUT2D eigenvalue weighted by molar-refractivity contribution is 7.98. The zero-order valence-electron chi connectivity index (χ0n) is 9.55. The summed E-state index contributed by atoms with van der Waals surface area (Å²) in [7, 11) is 0.